The van der Waals surface area contributed by atoms with Crippen molar-refractivity contribution >= 4 is 51.5 Å². The van der Waals surface area contributed by atoms with E-state index in [1.807, 2.05) is 47.9 Å². The highest BCUT2D eigenvalue weighted by Gasteiger charge is 2.69. The summed E-state index contributed by atoms with van der Waals surface area (Å²) in [6.45, 7) is 5.10. The molecule has 3 aromatic rings. The van der Waals surface area contributed by atoms with Crippen LogP contribution in [0.5, 0.6) is 0 Å². The van der Waals surface area contributed by atoms with Gasteiger partial charge >= 0.3 is 12.1 Å². The molecule has 0 bridgehead atoms. The van der Waals surface area contributed by atoms with Crippen LogP contribution in [0.4, 0.5) is 4.79 Å². The summed E-state index contributed by atoms with van der Waals surface area (Å²) in [5.74, 6) is -2.62. The molecule has 1 saturated heterocycles. The van der Waals surface area contributed by atoms with Crippen LogP contribution in [0.25, 0.3) is 10.4 Å². The number of ether oxygens (including phenoxy) is 2. The lowest BCUT2D eigenvalue weighted by atomic mass is 9.63. The lowest BCUT2D eigenvalue weighted by molar-refractivity contribution is -0.171. The monoisotopic (exact) mass is 571 g/mol. The molecule has 2 aliphatic heterocycles. The quantitative estimate of drug-likeness (QED) is 0.223. The van der Waals surface area contributed by atoms with Gasteiger partial charge in [-0.2, -0.15) is 0 Å². The molecule has 1 aromatic carbocycles. The SMILES string of the molecule is CCOC(=O)OC(Cc1ccccc1)[C@]1(C)C(c2cn3cnc(SC)c3s2)=C(C(=O)O)N2C(=O)[C@H]([C@@H](C)O)[C@H]21. The first-order valence-corrected chi connectivity index (χ1v) is 14.5. The number of fused-ring (bicyclic) bond motifs is 2. The molecule has 39 heavy (non-hydrogen) atoms. The molecule has 0 aliphatic carbocycles. The predicted molar refractivity (Wildman–Crippen MR) is 145 cm³/mol. The van der Waals surface area contributed by atoms with Gasteiger partial charge in [-0.3, -0.25) is 9.20 Å². The van der Waals surface area contributed by atoms with Crippen LogP contribution in [0.3, 0.4) is 0 Å². The molecular formula is C27H29N3O7S2. The Bertz CT molecular complexity index is 1460. The third kappa shape index (κ3) is 4.30. The molecule has 2 aliphatic rings. The van der Waals surface area contributed by atoms with Crippen molar-refractivity contribution in [3.63, 3.8) is 0 Å². The first kappa shape index (κ1) is 27.2. The molecule has 1 amide bonds. The van der Waals surface area contributed by atoms with Crippen LogP contribution in [-0.4, -0.2) is 73.6 Å². The Kier molecular flexibility index (Phi) is 7.21. The molecule has 1 fully saturated rings. The number of hydrogen-bond acceptors (Lipinski definition) is 9. The number of benzene rings is 1. The molecule has 10 nitrogen and oxygen atoms in total. The average molecular weight is 572 g/mol. The largest absolute Gasteiger partial charge is 0.508 e. The lowest BCUT2D eigenvalue weighted by Gasteiger charge is -2.52. The summed E-state index contributed by atoms with van der Waals surface area (Å²) in [6.07, 6.45) is 2.74. The maximum absolute atomic E-state index is 13.3. The van der Waals surface area contributed by atoms with Gasteiger partial charge in [-0.05, 0) is 32.6 Å². The molecule has 0 saturated carbocycles. The Morgan fingerprint density at radius 2 is 2.00 bits per heavy atom. The number of β-lactam (4-membered cyclic amide) rings is 1. The van der Waals surface area contributed by atoms with Gasteiger partial charge in [-0.25, -0.2) is 14.6 Å². The van der Waals surface area contributed by atoms with Crippen molar-refractivity contribution in [2.24, 2.45) is 11.3 Å². The number of amides is 1. The molecule has 5 rings (SSSR count). The minimum absolute atomic E-state index is 0.0991. The second-order valence-corrected chi connectivity index (χ2v) is 11.6. The second-order valence-electron chi connectivity index (χ2n) is 9.77. The molecule has 206 valence electrons. The van der Waals surface area contributed by atoms with Crippen molar-refractivity contribution < 1.29 is 34.1 Å². The Balaban J connectivity index is 1.74. The van der Waals surface area contributed by atoms with Crippen LogP contribution in [0.1, 0.15) is 31.2 Å². The summed E-state index contributed by atoms with van der Waals surface area (Å²) in [7, 11) is 0. The highest BCUT2D eigenvalue weighted by molar-refractivity contribution is 7.98. The van der Waals surface area contributed by atoms with E-state index in [4.69, 9.17) is 9.47 Å². The third-order valence-corrected chi connectivity index (χ3v) is 9.49. The first-order chi connectivity index (χ1) is 18.6. The number of aromatic nitrogens is 2. The molecule has 12 heteroatoms. The number of hydrogen-bond donors (Lipinski definition) is 2. The van der Waals surface area contributed by atoms with Gasteiger partial charge in [-0.15, -0.1) is 23.1 Å². The summed E-state index contributed by atoms with van der Waals surface area (Å²) in [5.41, 5.74) is -0.141. The summed E-state index contributed by atoms with van der Waals surface area (Å²) < 4.78 is 12.9. The Morgan fingerprint density at radius 3 is 2.62 bits per heavy atom. The van der Waals surface area contributed by atoms with Crippen molar-refractivity contribution in [3.05, 3.63) is 59.0 Å². The van der Waals surface area contributed by atoms with Crippen LogP contribution in [0.2, 0.25) is 0 Å². The molecule has 0 radical (unpaired) electrons. The Labute approximate surface area is 233 Å². The molecule has 4 heterocycles. The van der Waals surface area contributed by atoms with Gasteiger partial charge < -0.3 is 24.6 Å². The van der Waals surface area contributed by atoms with Gasteiger partial charge in [0.05, 0.1) is 35.0 Å². The molecule has 1 unspecified atom stereocenters. The van der Waals surface area contributed by atoms with Crippen molar-refractivity contribution in [3.8, 4) is 0 Å². The maximum atomic E-state index is 13.3. The van der Waals surface area contributed by atoms with E-state index in [0.717, 1.165) is 15.4 Å². The van der Waals surface area contributed by atoms with Crippen LogP contribution in [0, 0.1) is 11.3 Å². The van der Waals surface area contributed by atoms with E-state index in [1.54, 1.807) is 19.4 Å². The minimum Gasteiger partial charge on any atom is -0.477 e. The summed E-state index contributed by atoms with van der Waals surface area (Å²) in [5, 5.41) is 21.9. The Morgan fingerprint density at radius 1 is 1.28 bits per heavy atom. The number of aliphatic carboxylic acids is 1. The summed E-state index contributed by atoms with van der Waals surface area (Å²) >= 11 is 2.83. The fourth-order valence-electron chi connectivity index (χ4n) is 5.84. The number of aliphatic hydroxyl groups excluding tert-OH is 1. The standard InChI is InChI=1S/C27H29N3O7S2/c1-5-36-26(35)37-17(11-15-9-7-6-8-10-15)27(3)19(16-12-29-13-28-22(38-4)24(29)39-16)20(25(33)34)30-21(27)18(14(2)31)23(30)32/h6-10,12-14,17-18,21,31H,5,11H2,1-4H3,(H,33,34)/t14-,17?,18-,21+,27-/m1/s1. The van der Waals surface area contributed by atoms with Gasteiger partial charge in [0.2, 0.25) is 5.91 Å². The number of carboxylic acids is 1. The van der Waals surface area contributed by atoms with Crippen LogP contribution >= 0.6 is 23.1 Å². The number of nitrogens with zero attached hydrogens (tertiary/aromatic N) is 3. The normalized spacial score (nSPS) is 23.9. The number of thioether (sulfide) groups is 1. The Hall–Kier alpha value is -3.35. The summed E-state index contributed by atoms with van der Waals surface area (Å²) in [4.78, 5) is 46.0. The number of carbonyl (C=O) groups excluding carboxylic acids is 2. The highest BCUT2D eigenvalue weighted by atomic mass is 32.2. The smallest absolute Gasteiger partial charge is 0.477 e. The van der Waals surface area contributed by atoms with E-state index in [9.17, 15) is 24.6 Å². The fourth-order valence-corrected chi connectivity index (χ4v) is 7.79. The number of carboxylic acid groups (broad SMARTS) is 1. The van der Waals surface area contributed by atoms with E-state index in [1.165, 1.54) is 34.9 Å². The second kappa shape index (κ2) is 10.3. The number of rotatable bonds is 9. The van der Waals surface area contributed by atoms with Crippen molar-refractivity contribution in [1.82, 2.24) is 14.3 Å². The molecular weight excluding hydrogens is 542 g/mol. The van der Waals surface area contributed by atoms with E-state index < -0.39 is 47.6 Å². The lowest BCUT2D eigenvalue weighted by Crippen LogP contribution is -2.68. The van der Waals surface area contributed by atoms with E-state index >= 15 is 0 Å². The van der Waals surface area contributed by atoms with E-state index in [2.05, 4.69) is 4.98 Å². The molecule has 5 atom stereocenters. The van der Waals surface area contributed by atoms with E-state index in [0.29, 0.717) is 10.5 Å². The van der Waals surface area contributed by atoms with Gasteiger partial charge in [0.1, 0.15) is 28.0 Å². The van der Waals surface area contributed by atoms with Crippen molar-refractivity contribution in [1.29, 1.82) is 0 Å². The van der Waals surface area contributed by atoms with Crippen molar-refractivity contribution in [2.45, 2.75) is 50.5 Å². The zero-order chi connectivity index (χ0) is 28.1. The van der Waals surface area contributed by atoms with Crippen LogP contribution in [-0.2, 0) is 25.5 Å². The predicted octanol–water partition coefficient (Wildman–Crippen LogP) is 3.93. The molecule has 2 N–H and O–H groups in total. The third-order valence-electron chi connectivity index (χ3n) is 7.55. The fraction of sp³-hybridized carbons (Fsp3) is 0.407. The first-order valence-electron chi connectivity index (χ1n) is 12.5. The summed E-state index contributed by atoms with van der Waals surface area (Å²) in [6, 6.07) is 8.63. The van der Waals surface area contributed by atoms with Crippen molar-refractivity contribution in [2.75, 3.05) is 12.9 Å². The maximum Gasteiger partial charge on any atom is 0.508 e. The number of carbonyl (C=O) groups is 3. The van der Waals surface area contributed by atoms with Gasteiger partial charge in [0, 0.05) is 18.2 Å². The van der Waals surface area contributed by atoms with Crippen LogP contribution < -0.4 is 0 Å². The number of imidazole rings is 1. The van der Waals surface area contributed by atoms with Gasteiger partial charge in [0.15, 0.2) is 0 Å². The molecule has 2 aromatic heterocycles. The van der Waals surface area contributed by atoms with Crippen LogP contribution in [0.15, 0.2) is 53.6 Å². The van der Waals surface area contributed by atoms with Gasteiger partial charge in [-0.1, -0.05) is 30.3 Å². The zero-order valence-corrected chi connectivity index (χ0v) is 23.5. The average Bonchev–Trinajstić information content (AvgIpc) is 3.53. The minimum atomic E-state index is -1.27. The number of aliphatic hydroxyl groups is 1. The zero-order valence-electron chi connectivity index (χ0n) is 21.9. The highest BCUT2D eigenvalue weighted by Crippen LogP contribution is 2.61. The van der Waals surface area contributed by atoms with E-state index in [-0.39, 0.29) is 18.7 Å². The topological polar surface area (TPSA) is 131 Å². The molecule has 0 spiro atoms. The van der Waals surface area contributed by atoms with Gasteiger partial charge in [0.25, 0.3) is 0 Å². The number of thiazole rings is 1.